The Labute approximate surface area is 146 Å². The lowest BCUT2D eigenvalue weighted by molar-refractivity contribution is 1.48. The number of hydrogen-bond acceptors (Lipinski definition) is 0. The lowest BCUT2D eigenvalue weighted by Crippen LogP contribution is -2.12. The Bertz CT molecular complexity index is 661. The van der Waals surface area contributed by atoms with Gasteiger partial charge in [0, 0.05) is 5.54 Å². The molecular formula is C21H22ClP. The van der Waals surface area contributed by atoms with E-state index in [1.54, 1.807) is 5.54 Å². The van der Waals surface area contributed by atoms with Crippen molar-refractivity contribution in [2.75, 3.05) is 0 Å². The van der Waals surface area contributed by atoms with Crippen LogP contribution in [-0.2, 0) is 0 Å². The third-order valence-electron chi connectivity index (χ3n) is 3.52. The van der Waals surface area contributed by atoms with E-state index in [0.29, 0.717) is 0 Å². The van der Waals surface area contributed by atoms with Gasteiger partial charge in [0.25, 0.3) is 0 Å². The van der Waals surface area contributed by atoms with Gasteiger partial charge in [-0.15, -0.1) is 0 Å². The number of allylic oxidation sites excluding steroid dienone is 5. The molecule has 0 saturated heterocycles. The van der Waals surface area contributed by atoms with Crippen molar-refractivity contribution in [2.24, 2.45) is 0 Å². The Kier molecular flexibility index (Phi) is 6.84. The van der Waals surface area contributed by atoms with E-state index in [-0.39, 0.29) is 0 Å². The standard InChI is InChI=1S/C21H22ClP/c1-4-6-19(7-5-16-22)23(20-12-8-17(2)9-13-20)21-14-10-18(3)11-15-21/h4-16H,1-3H3/b6-4-,16-5+,19-7+. The number of rotatable bonds is 5. The van der Waals surface area contributed by atoms with Crippen LogP contribution in [0.1, 0.15) is 18.1 Å². The summed E-state index contributed by atoms with van der Waals surface area (Å²) in [6, 6.07) is 17.7. The molecule has 2 heteroatoms. The lowest BCUT2D eigenvalue weighted by atomic mass is 10.2. The van der Waals surface area contributed by atoms with Crippen LogP contribution in [0.5, 0.6) is 0 Å². The molecule has 0 radical (unpaired) electrons. The maximum atomic E-state index is 5.74. The molecule has 2 rings (SSSR count). The largest absolute Gasteiger partial charge is 0.0930 e. The molecule has 0 atom stereocenters. The summed E-state index contributed by atoms with van der Waals surface area (Å²) in [6.07, 6.45) is 8.28. The van der Waals surface area contributed by atoms with Gasteiger partial charge in [-0.25, -0.2) is 0 Å². The Hall–Kier alpha value is -1.62. The van der Waals surface area contributed by atoms with Crippen molar-refractivity contribution in [1.82, 2.24) is 0 Å². The van der Waals surface area contributed by atoms with Crippen molar-refractivity contribution in [3.8, 4) is 0 Å². The van der Waals surface area contributed by atoms with Gasteiger partial charge in [0.1, 0.15) is 0 Å². The molecule has 0 aliphatic carbocycles. The van der Waals surface area contributed by atoms with E-state index in [9.17, 15) is 0 Å². The minimum atomic E-state index is -0.592. The highest BCUT2D eigenvalue weighted by Crippen LogP contribution is 2.43. The van der Waals surface area contributed by atoms with Crippen LogP contribution in [0.3, 0.4) is 0 Å². The lowest BCUT2D eigenvalue weighted by Gasteiger charge is -2.20. The predicted octanol–water partition coefficient (Wildman–Crippen LogP) is 5.95. The fourth-order valence-corrected chi connectivity index (χ4v) is 4.74. The van der Waals surface area contributed by atoms with Crippen LogP contribution in [0.25, 0.3) is 0 Å². The van der Waals surface area contributed by atoms with Crippen molar-refractivity contribution < 1.29 is 0 Å². The van der Waals surface area contributed by atoms with Gasteiger partial charge in [-0.05, 0) is 44.6 Å². The Morgan fingerprint density at radius 3 is 1.74 bits per heavy atom. The number of hydrogen-bond donors (Lipinski definition) is 0. The average Bonchev–Trinajstić information content (AvgIpc) is 2.56. The van der Waals surface area contributed by atoms with Crippen LogP contribution in [0, 0.1) is 13.8 Å². The minimum absolute atomic E-state index is 0.592. The zero-order valence-corrected chi connectivity index (χ0v) is 15.5. The Balaban J connectivity index is 2.57. The molecule has 2 aromatic rings. The van der Waals surface area contributed by atoms with Crippen LogP contribution in [0.15, 0.2) is 83.7 Å². The van der Waals surface area contributed by atoms with Gasteiger partial charge >= 0.3 is 0 Å². The quantitative estimate of drug-likeness (QED) is 0.466. The van der Waals surface area contributed by atoms with Gasteiger partial charge in [0.2, 0.25) is 0 Å². The monoisotopic (exact) mass is 340 g/mol. The van der Waals surface area contributed by atoms with Crippen molar-refractivity contribution in [3.05, 3.63) is 94.8 Å². The fourth-order valence-electron chi connectivity index (χ4n) is 2.35. The van der Waals surface area contributed by atoms with E-state index in [0.717, 1.165) is 0 Å². The zero-order valence-electron chi connectivity index (χ0n) is 13.8. The van der Waals surface area contributed by atoms with E-state index >= 15 is 0 Å². The van der Waals surface area contributed by atoms with Gasteiger partial charge < -0.3 is 0 Å². The highest BCUT2D eigenvalue weighted by molar-refractivity contribution is 7.77. The maximum Gasteiger partial charge on any atom is 0.00426 e. The van der Waals surface area contributed by atoms with Crippen molar-refractivity contribution >= 4 is 30.1 Å². The second-order valence-electron chi connectivity index (χ2n) is 5.42. The molecule has 0 aliphatic rings. The zero-order chi connectivity index (χ0) is 16.7. The normalized spacial score (nSPS) is 12.7. The second-order valence-corrected chi connectivity index (χ2v) is 7.89. The molecule has 23 heavy (non-hydrogen) atoms. The summed E-state index contributed by atoms with van der Waals surface area (Å²) in [5.41, 5.74) is 4.12. The highest BCUT2D eigenvalue weighted by atomic mass is 35.5. The fraction of sp³-hybridized carbons (Fsp3) is 0.143. The molecule has 0 nitrogen and oxygen atoms in total. The molecular weight excluding hydrogens is 319 g/mol. The van der Waals surface area contributed by atoms with E-state index in [2.05, 4.69) is 87.5 Å². The second kappa shape index (κ2) is 8.87. The molecule has 0 bridgehead atoms. The van der Waals surface area contributed by atoms with Crippen LogP contribution in [-0.4, -0.2) is 0 Å². The molecule has 0 saturated carbocycles. The Morgan fingerprint density at radius 1 is 0.870 bits per heavy atom. The van der Waals surface area contributed by atoms with Gasteiger partial charge in [-0.1, -0.05) is 95.6 Å². The van der Waals surface area contributed by atoms with Crippen molar-refractivity contribution in [1.29, 1.82) is 0 Å². The number of halogens is 1. The first kappa shape index (κ1) is 17.7. The molecule has 2 aromatic carbocycles. The molecule has 118 valence electrons. The smallest absolute Gasteiger partial charge is 0.00426 e. The Morgan fingerprint density at radius 2 is 1.35 bits per heavy atom. The van der Waals surface area contributed by atoms with E-state index < -0.39 is 7.92 Å². The van der Waals surface area contributed by atoms with Crippen LogP contribution >= 0.6 is 19.5 Å². The number of benzene rings is 2. The SMILES string of the molecule is C\C=C/C(=C\C=C\Cl)P(c1ccc(C)cc1)c1ccc(C)cc1. The third kappa shape index (κ3) is 4.93. The minimum Gasteiger partial charge on any atom is -0.0930 e. The van der Waals surface area contributed by atoms with Gasteiger partial charge in [0.05, 0.1) is 0 Å². The molecule has 0 unspecified atom stereocenters. The average molecular weight is 341 g/mol. The molecule has 0 N–H and O–H groups in total. The van der Waals surface area contributed by atoms with Crippen molar-refractivity contribution in [2.45, 2.75) is 20.8 Å². The van der Waals surface area contributed by atoms with E-state index in [1.165, 1.54) is 27.1 Å². The van der Waals surface area contributed by atoms with Crippen molar-refractivity contribution in [3.63, 3.8) is 0 Å². The van der Waals surface area contributed by atoms with Crippen LogP contribution in [0.4, 0.5) is 0 Å². The summed E-state index contributed by atoms with van der Waals surface area (Å²) in [5, 5.41) is 3.98. The summed E-state index contributed by atoms with van der Waals surface area (Å²) in [6.45, 7) is 6.30. The first-order chi connectivity index (χ1) is 11.2. The highest BCUT2D eigenvalue weighted by Gasteiger charge is 2.16. The van der Waals surface area contributed by atoms with E-state index in [1.807, 2.05) is 6.08 Å². The third-order valence-corrected chi connectivity index (χ3v) is 6.11. The van der Waals surface area contributed by atoms with Gasteiger partial charge in [0.15, 0.2) is 0 Å². The van der Waals surface area contributed by atoms with Crippen LogP contribution in [0.2, 0.25) is 0 Å². The number of aryl methyl sites for hydroxylation is 2. The summed E-state index contributed by atoms with van der Waals surface area (Å²) in [7, 11) is -0.592. The van der Waals surface area contributed by atoms with Gasteiger partial charge in [-0.3, -0.25) is 0 Å². The molecule has 0 amide bonds. The summed E-state index contributed by atoms with van der Waals surface area (Å²) in [4.78, 5) is 0. The van der Waals surface area contributed by atoms with Crippen LogP contribution < -0.4 is 10.6 Å². The topological polar surface area (TPSA) is 0 Å². The molecule has 0 aliphatic heterocycles. The predicted molar refractivity (Wildman–Crippen MR) is 106 cm³/mol. The van der Waals surface area contributed by atoms with E-state index in [4.69, 9.17) is 11.6 Å². The summed E-state index contributed by atoms with van der Waals surface area (Å²) >= 11 is 5.74. The molecule has 0 fully saturated rings. The first-order valence-electron chi connectivity index (χ1n) is 7.69. The summed E-state index contributed by atoms with van der Waals surface area (Å²) < 4.78 is 0. The molecule has 0 heterocycles. The molecule has 0 spiro atoms. The van der Waals surface area contributed by atoms with Gasteiger partial charge in [-0.2, -0.15) is 0 Å². The molecule has 0 aromatic heterocycles. The summed E-state index contributed by atoms with van der Waals surface area (Å²) in [5.74, 6) is 0. The maximum absolute atomic E-state index is 5.74. The first-order valence-corrected chi connectivity index (χ1v) is 9.46.